The molecule has 18 rings (SSSR count). The highest BCUT2D eigenvalue weighted by atomic mass is 14.4. The van der Waals surface area contributed by atoms with Crippen molar-refractivity contribution in [2.24, 2.45) is 0 Å². The van der Waals surface area contributed by atoms with E-state index in [0.717, 1.165) is 0 Å². The maximum atomic E-state index is 2.53. The average Bonchev–Trinajstić information content (AvgIpc) is 1.45. The van der Waals surface area contributed by atoms with E-state index in [0.29, 0.717) is 23.7 Å². The molecule has 408 valence electrons. The number of rotatable bonds is 8. The van der Waals surface area contributed by atoms with Crippen molar-refractivity contribution in [1.29, 1.82) is 0 Å². The third-order valence-corrected chi connectivity index (χ3v) is 20.5. The molecule has 0 N–H and O–H groups in total. The second-order valence-electron chi connectivity index (χ2n) is 26.3. The lowest BCUT2D eigenvalue weighted by atomic mass is 9.78. The van der Waals surface area contributed by atoms with Gasteiger partial charge < -0.3 is 0 Å². The van der Waals surface area contributed by atoms with Gasteiger partial charge in [-0.2, -0.15) is 0 Å². The zero-order valence-electron chi connectivity index (χ0n) is 50.1. The first-order valence-corrected chi connectivity index (χ1v) is 31.5. The van der Waals surface area contributed by atoms with Crippen LogP contribution in [-0.2, 0) is 0 Å². The molecule has 0 atom stereocenters. The Morgan fingerprint density at radius 3 is 0.558 bits per heavy atom. The Kier molecular flexibility index (Phi) is 10.4. The summed E-state index contributed by atoms with van der Waals surface area (Å²) in [6, 6.07) is 85.4. The van der Waals surface area contributed by atoms with Crippen LogP contribution in [0.3, 0.4) is 0 Å². The Balaban J connectivity index is 1.17. The van der Waals surface area contributed by atoms with Gasteiger partial charge in [-0.05, 0) is 230 Å². The van der Waals surface area contributed by atoms with Gasteiger partial charge in [-0.3, -0.25) is 0 Å². The molecule has 0 aromatic heterocycles. The fourth-order valence-electron chi connectivity index (χ4n) is 17.0. The van der Waals surface area contributed by atoms with Crippen molar-refractivity contribution in [3.63, 3.8) is 0 Å². The Bertz CT molecular complexity index is 5120. The van der Waals surface area contributed by atoms with E-state index < -0.39 is 0 Å². The van der Waals surface area contributed by atoms with E-state index in [-0.39, 0.29) is 0 Å². The summed E-state index contributed by atoms with van der Waals surface area (Å²) in [4.78, 5) is 0. The van der Waals surface area contributed by atoms with Crippen molar-refractivity contribution in [3.8, 4) is 44.5 Å². The monoisotopic (exact) mass is 1100 g/mol. The van der Waals surface area contributed by atoms with Crippen LogP contribution in [0.2, 0.25) is 0 Å². The predicted octanol–water partition coefficient (Wildman–Crippen LogP) is 25.6. The smallest absolute Gasteiger partial charge is 0.0000928 e. The maximum Gasteiger partial charge on any atom is -0.0000928 e. The van der Waals surface area contributed by atoms with Crippen LogP contribution in [0, 0.1) is 0 Å². The molecule has 86 heavy (non-hydrogen) atoms. The number of hydrogen-bond acceptors (Lipinski definition) is 0. The van der Waals surface area contributed by atoms with Gasteiger partial charge in [-0.25, -0.2) is 0 Å². The molecule has 0 nitrogen and oxygen atoms in total. The summed E-state index contributed by atoms with van der Waals surface area (Å²) >= 11 is 0. The molecule has 0 spiro atoms. The summed E-state index contributed by atoms with van der Waals surface area (Å²) < 4.78 is 0. The summed E-state index contributed by atoms with van der Waals surface area (Å²) in [6.07, 6.45) is 0. The van der Waals surface area contributed by atoms with E-state index in [9.17, 15) is 0 Å². The molecule has 0 saturated heterocycles. The van der Waals surface area contributed by atoms with E-state index in [1.54, 1.807) is 0 Å². The van der Waals surface area contributed by atoms with E-state index >= 15 is 0 Å². The largest absolute Gasteiger partial charge is 0.0622 e. The van der Waals surface area contributed by atoms with Crippen LogP contribution >= 0.6 is 0 Å². The summed E-state index contributed by atoms with van der Waals surface area (Å²) in [5.74, 6) is 1.38. The van der Waals surface area contributed by atoms with E-state index in [4.69, 9.17) is 0 Å². The van der Waals surface area contributed by atoms with Gasteiger partial charge in [0.2, 0.25) is 0 Å². The average molecular weight is 1100 g/mol. The number of fused-ring (bicyclic) bond motifs is 11. The molecule has 0 heteroatoms. The van der Waals surface area contributed by atoms with Crippen molar-refractivity contribution >= 4 is 140 Å². The Morgan fingerprint density at radius 1 is 0.163 bits per heavy atom. The van der Waals surface area contributed by atoms with Crippen LogP contribution < -0.4 is 0 Å². The van der Waals surface area contributed by atoms with Crippen LogP contribution in [0.4, 0.5) is 0 Å². The zero-order chi connectivity index (χ0) is 57.7. The lowest BCUT2D eigenvalue weighted by Crippen LogP contribution is -1.97. The van der Waals surface area contributed by atoms with Crippen molar-refractivity contribution in [2.45, 2.75) is 79.1 Å². The Morgan fingerprint density at radius 2 is 0.360 bits per heavy atom. The fourth-order valence-corrected chi connectivity index (χ4v) is 17.0. The van der Waals surface area contributed by atoms with Crippen LogP contribution in [-0.4, -0.2) is 0 Å². The van der Waals surface area contributed by atoms with Crippen molar-refractivity contribution in [3.05, 3.63) is 241 Å². The molecule has 18 aromatic rings. The molecule has 0 heterocycles. The first kappa shape index (κ1) is 49.8. The highest BCUT2D eigenvalue weighted by molar-refractivity contribution is 6.52. The van der Waals surface area contributed by atoms with E-state index in [1.165, 1.54) is 207 Å². The number of benzene rings is 16. The third-order valence-electron chi connectivity index (χ3n) is 20.5. The molecule has 0 fully saturated rings. The molecular weight excluding hydrogens is 1030 g/mol. The third kappa shape index (κ3) is 6.39. The van der Waals surface area contributed by atoms with Gasteiger partial charge in [0.25, 0.3) is 0 Å². The lowest BCUT2D eigenvalue weighted by molar-refractivity contribution is 0.875. The van der Waals surface area contributed by atoms with E-state index in [2.05, 4.69) is 274 Å². The normalized spacial score (nSPS) is 12.8. The van der Waals surface area contributed by atoms with Crippen LogP contribution in [0.5, 0.6) is 0 Å². The highest BCUT2D eigenvalue weighted by Gasteiger charge is 2.34. The van der Waals surface area contributed by atoms with Gasteiger partial charge in [0.1, 0.15) is 0 Å². The first-order valence-electron chi connectivity index (χ1n) is 31.5. The molecule has 0 aliphatic carbocycles. The second kappa shape index (κ2) is 18.0. The van der Waals surface area contributed by atoms with Gasteiger partial charge >= 0.3 is 0 Å². The first-order chi connectivity index (χ1) is 42.1. The molecule has 0 unspecified atom stereocenters. The highest BCUT2D eigenvalue weighted by Crippen LogP contribution is 2.62. The fraction of sp³-hybridized carbons (Fsp3) is 0.140. The minimum absolute atomic E-state index is 0.346. The Labute approximate surface area is 501 Å². The molecule has 0 bridgehead atoms. The standard InChI is InChI=1S/C86H64/c1-45(2)55-33-29-53-30-34-56(46(3)4)74-60-38-42-64-79-63(41-37-59(77(60)79)73(55)67(53)74)81-69(49-21-13-9-14-22-49)85-71(51-25-17-11-18-26-51)83-65-43-39-61-75-57(47(5)6)35-31-54-32-36-58(48(7)8)76(68(54)75)62-40-44-66(80(65)78(61)62)84(83)72(52-27-19-12-20-28-52)86(85)70(82(64)81)50-23-15-10-16-24-50/h9-48H,1-8H3. The van der Waals surface area contributed by atoms with Crippen molar-refractivity contribution in [1.82, 2.24) is 0 Å². The van der Waals surface area contributed by atoms with Gasteiger partial charge in [0.05, 0.1) is 0 Å². The van der Waals surface area contributed by atoms with Crippen LogP contribution in [0.25, 0.3) is 185 Å². The summed E-state index contributed by atoms with van der Waals surface area (Å²) in [5, 5.41) is 35.2. The molecular formula is C86H64. The summed E-state index contributed by atoms with van der Waals surface area (Å²) in [5.41, 5.74) is 15.7. The van der Waals surface area contributed by atoms with Crippen LogP contribution in [0.15, 0.2) is 218 Å². The molecule has 18 aromatic carbocycles. The van der Waals surface area contributed by atoms with Crippen molar-refractivity contribution < 1.29 is 0 Å². The quantitative estimate of drug-likeness (QED) is 0.105. The van der Waals surface area contributed by atoms with Crippen molar-refractivity contribution in [2.75, 3.05) is 0 Å². The molecule has 0 radical (unpaired) electrons. The van der Waals surface area contributed by atoms with E-state index in [1.807, 2.05) is 0 Å². The van der Waals surface area contributed by atoms with Gasteiger partial charge in [0.15, 0.2) is 0 Å². The molecule has 0 aliphatic heterocycles. The predicted molar refractivity (Wildman–Crippen MR) is 377 cm³/mol. The topological polar surface area (TPSA) is 0 Å². The molecule has 0 amide bonds. The summed E-state index contributed by atoms with van der Waals surface area (Å²) in [6.45, 7) is 19.0. The summed E-state index contributed by atoms with van der Waals surface area (Å²) in [7, 11) is 0. The minimum Gasteiger partial charge on any atom is -0.0622 e. The second-order valence-corrected chi connectivity index (χ2v) is 26.3. The SMILES string of the molecule is CC(C)c1ccc2ccc(C(C)C)c3c4ccc5c6c(-c7ccccc7)c7c(-c8ccccc8)c8c9ccc%10c%11c(C(C)C)ccc%12ccc(C(C)C)c(c%13ccc(c8c(-c8ccccc8)c7c(-c7ccccc7)c6c6ccc(c1c23)c4c65)c9c%13%10)c%12%11. The molecule has 0 saturated carbocycles. The minimum atomic E-state index is 0.346. The Hall–Kier alpha value is -9.62. The maximum absolute atomic E-state index is 2.53. The van der Waals surface area contributed by atoms with Gasteiger partial charge in [-0.15, -0.1) is 0 Å². The lowest BCUT2D eigenvalue weighted by Gasteiger charge is -2.24. The van der Waals surface area contributed by atoms with Crippen LogP contribution in [0.1, 0.15) is 101 Å². The van der Waals surface area contributed by atoms with Gasteiger partial charge in [0, 0.05) is 0 Å². The zero-order valence-corrected chi connectivity index (χ0v) is 50.1. The van der Waals surface area contributed by atoms with Gasteiger partial charge in [-0.1, -0.05) is 274 Å². The number of hydrogen-bond donors (Lipinski definition) is 0. The molecule has 0 aliphatic rings.